The van der Waals surface area contributed by atoms with Crippen molar-refractivity contribution in [3.8, 4) is 11.5 Å². The summed E-state index contributed by atoms with van der Waals surface area (Å²) in [4.78, 5) is 0. The zero-order valence-corrected chi connectivity index (χ0v) is 9.25. The summed E-state index contributed by atoms with van der Waals surface area (Å²) in [6, 6.07) is 6.70. The van der Waals surface area contributed by atoms with Crippen LogP contribution in [-0.4, -0.2) is 19.9 Å². The second-order valence-corrected chi connectivity index (χ2v) is 3.79. The third-order valence-electron chi connectivity index (χ3n) is 2.82. The predicted octanol–water partition coefficient (Wildman–Crippen LogP) is 1.96. The van der Waals surface area contributed by atoms with Gasteiger partial charge in [0.2, 0.25) is 6.79 Å². The first-order valence-corrected chi connectivity index (χ1v) is 5.39. The number of nitrogens with one attached hydrogen (secondary N) is 1. The first kappa shape index (κ1) is 10.3. The zero-order chi connectivity index (χ0) is 10.7. The average Bonchev–Trinajstić information content (AvgIpc) is 2.73. The Kier molecular flexibility index (Phi) is 3.11. The van der Waals surface area contributed by atoms with Gasteiger partial charge in [-0.25, -0.2) is 0 Å². The summed E-state index contributed by atoms with van der Waals surface area (Å²) in [7, 11) is 2.00. The van der Waals surface area contributed by atoms with Crippen LogP contribution >= 0.6 is 0 Å². The molecule has 0 fully saturated rings. The van der Waals surface area contributed by atoms with Gasteiger partial charge in [-0.3, -0.25) is 0 Å². The van der Waals surface area contributed by atoms with Crippen molar-refractivity contribution in [2.75, 3.05) is 13.8 Å². The Balaban J connectivity index is 2.09. The lowest BCUT2D eigenvalue weighted by atomic mass is 10.0. The van der Waals surface area contributed by atoms with Crippen LogP contribution in [0.15, 0.2) is 18.2 Å². The SMILES string of the molecule is CC[C@H](Cc1ccc2c(c1)OCO2)NC. The second kappa shape index (κ2) is 4.53. The number of hydrogen-bond acceptors (Lipinski definition) is 3. The second-order valence-electron chi connectivity index (χ2n) is 3.79. The van der Waals surface area contributed by atoms with E-state index < -0.39 is 0 Å². The van der Waals surface area contributed by atoms with Crippen molar-refractivity contribution >= 4 is 0 Å². The van der Waals surface area contributed by atoms with E-state index in [9.17, 15) is 0 Å². The normalized spacial score (nSPS) is 15.3. The number of likely N-dealkylation sites (N-methyl/N-ethyl adjacent to an activating group) is 1. The van der Waals surface area contributed by atoms with E-state index in [1.54, 1.807) is 0 Å². The quantitative estimate of drug-likeness (QED) is 0.818. The monoisotopic (exact) mass is 207 g/mol. The van der Waals surface area contributed by atoms with Crippen molar-refractivity contribution in [1.82, 2.24) is 5.32 Å². The highest BCUT2D eigenvalue weighted by molar-refractivity contribution is 5.44. The van der Waals surface area contributed by atoms with Crippen LogP contribution in [0.5, 0.6) is 11.5 Å². The molecular formula is C12H17NO2. The minimum absolute atomic E-state index is 0.349. The van der Waals surface area contributed by atoms with E-state index in [0.717, 1.165) is 24.3 Å². The predicted molar refractivity (Wildman–Crippen MR) is 59.4 cm³/mol. The van der Waals surface area contributed by atoms with Gasteiger partial charge in [-0.1, -0.05) is 13.0 Å². The summed E-state index contributed by atoms with van der Waals surface area (Å²) in [5.41, 5.74) is 1.29. The lowest BCUT2D eigenvalue weighted by Crippen LogP contribution is -2.26. The lowest BCUT2D eigenvalue weighted by Gasteiger charge is -2.13. The summed E-state index contributed by atoms with van der Waals surface area (Å²) >= 11 is 0. The molecule has 3 nitrogen and oxygen atoms in total. The van der Waals surface area contributed by atoms with Crippen molar-refractivity contribution in [2.45, 2.75) is 25.8 Å². The smallest absolute Gasteiger partial charge is 0.231 e. The Morgan fingerprint density at radius 1 is 1.33 bits per heavy atom. The lowest BCUT2D eigenvalue weighted by molar-refractivity contribution is 0.174. The standard InChI is InChI=1S/C12H17NO2/c1-3-10(13-2)6-9-4-5-11-12(7-9)15-8-14-11/h4-5,7,10,13H,3,6,8H2,1-2H3/t10-/m1/s1. The maximum Gasteiger partial charge on any atom is 0.231 e. The molecule has 15 heavy (non-hydrogen) atoms. The largest absolute Gasteiger partial charge is 0.454 e. The molecule has 0 aliphatic carbocycles. The van der Waals surface area contributed by atoms with Crippen molar-refractivity contribution in [3.63, 3.8) is 0 Å². The van der Waals surface area contributed by atoms with Crippen LogP contribution in [0.25, 0.3) is 0 Å². The van der Waals surface area contributed by atoms with Crippen LogP contribution < -0.4 is 14.8 Å². The Morgan fingerprint density at radius 3 is 2.87 bits per heavy atom. The molecule has 1 aliphatic rings. The van der Waals surface area contributed by atoms with E-state index in [4.69, 9.17) is 9.47 Å². The number of benzene rings is 1. The zero-order valence-electron chi connectivity index (χ0n) is 9.25. The molecule has 1 aliphatic heterocycles. The first-order chi connectivity index (χ1) is 7.33. The minimum Gasteiger partial charge on any atom is -0.454 e. The molecule has 0 saturated carbocycles. The molecule has 0 saturated heterocycles. The molecule has 1 atom stereocenters. The summed E-state index contributed by atoms with van der Waals surface area (Å²) in [6.45, 7) is 2.54. The van der Waals surface area contributed by atoms with Gasteiger partial charge >= 0.3 is 0 Å². The molecule has 0 aromatic heterocycles. The molecule has 82 valence electrons. The number of rotatable bonds is 4. The Bertz CT molecular complexity index is 334. The molecule has 1 aromatic rings. The van der Waals surface area contributed by atoms with Crippen LogP contribution in [0.4, 0.5) is 0 Å². The minimum atomic E-state index is 0.349. The Hall–Kier alpha value is -1.22. The van der Waals surface area contributed by atoms with Crippen LogP contribution in [0, 0.1) is 0 Å². The average molecular weight is 207 g/mol. The van der Waals surface area contributed by atoms with E-state index in [2.05, 4.69) is 24.4 Å². The number of hydrogen-bond donors (Lipinski definition) is 1. The fourth-order valence-electron chi connectivity index (χ4n) is 1.80. The molecule has 0 unspecified atom stereocenters. The summed E-state index contributed by atoms with van der Waals surface area (Å²) in [5, 5.41) is 3.30. The van der Waals surface area contributed by atoms with Gasteiger partial charge in [-0.2, -0.15) is 0 Å². The molecule has 3 heteroatoms. The number of ether oxygens (including phenoxy) is 2. The van der Waals surface area contributed by atoms with Gasteiger partial charge < -0.3 is 14.8 Å². The van der Waals surface area contributed by atoms with Gasteiger partial charge in [0.05, 0.1) is 0 Å². The topological polar surface area (TPSA) is 30.5 Å². The third-order valence-corrected chi connectivity index (χ3v) is 2.82. The highest BCUT2D eigenvalue weighted by atomic mass is 16.7. The van der Waals surface area contributed by atoms with E-state index in [1.165, 1.54) is 5.56 Å². The van der Waals surface area contributed by atoms with Gasteiger partial charge in [0.1, 0.15) is 0 Å². The highest BCUT2D eigenvalue weighted by Crippen LogP contribution is 2.32. The van der Waals surface area contributed by atoms with Crippen LogP contribution in [-0.2, 0) is 6.42 Å². The molecule has 0 radical (unpaired) electrons. The van der Waals surface area contributed by atoms with Gasteiger partial charge in [-0.15, -0.1) is 0 Å². The van der Waals surface area contributed by atoms with Gasteiger partial charge in [0, 0.05) is 6.04 Å². The first-order valence-electron chi connectivity index (χ1n) is 5.39. The van der Waals surface area contributed by atoms with Gasteiger partial charge in [-0.05, 0) is 37.6 Å². The highest BCUT2D eigenvalue weighted by Gasteiger charge is 2.14. The van der Waals surface area contributed by atoms with E-state index >= 15 is 0 Å². The van der Waals surface area contributed by atoms with Crippen molar-refractivity contribution in [3.05, 3.63) is 23.8 Å². The van der Waals surface area contributed by atoms with Crippen molar-refractivity contribution in [1.29, 1.82) is 0 Å². The fraction of sp³-hybridized carbons (Fsp3) is 0.500. The maximum absolute atomic E-state index is 5.35. The molecule has 1 N–H and O–H groups in total. The maximum atomic E-state index is 5.35. The molecular weight excluding hydrogens is 190 g/mol. The third kappa shape index (κ3) is 2.23. The summed E-state index contributed by atoms with van der Waals surface area (Å²) in [5.74, 6) is 1.73. The van der Waals surface area contributed by atoms with Crippen molar-refractivity contribution in [2.24, 2.45) is 0 Å². The van der Waals surface area contributed by atoms with E-state index in [1.807, 2.05) is 13.1 Å². The molecule has 1 heterocycles. The summed E-state index contributed by atoms with van der Waals surface area (Å²) in [6.07, 6.45) is 2.16. The number of fused-ring (bicyclic) bond motifs is 1. The molecule has 0 amide bonds. The molecule has 0 spiro atoms. The van der Waals surface area contributed by atoms with E-state index in [-0.39, 0.29) is 0 Å². The Labute approximate surface area is 90.4 Å². The molecule has 2 rings (SSSR count). The van der Waals surface area contributed by atoms with Crippen LogP contribution in [0.3, 0.4) is 0 Å². The van der Waals surface area contributed by atoms with Crippen LogP contribution in [0.1, 0.15) is 18.9 Å². The fourth-order valence-corrected chi connectivity index (χ4v) is 1.80. The van der Waals surface area contributed by atoms with Gasteiger partial charge in [0.25, 0.3) is 0 Å². The van der Waals surface area contributed by atoms with E-state index in [0.29, 0.717) is 12.8 Å². The Morgan fingerprint density at radius 2 is 2.13 bits per heavy atom. The van der Waals surface area contributed by atoms with Crippen LogP contribution in [0.2, 0.25) is 0 Å². The molecule has 0 bridgehead atoms. The van der Waals surface area contributed by atoms with Crippen molar-refractivity contribution < 1.29 is 9.47 Å². The van der Waals surface area contributed by atoms with Gasteiger partial charge in [0.15, 0.2) is 11.5 Å². The summed E-state index contributed by atoms with van der Waals surface area (Å²) < 4.78 is 10.6. The molecule has 1 aromatic carbocycles.